The van der Waals surface area contributed by atoms with E-state index in [4.69, 9.17) is 0 Å². The van der Waals surface area contributed by atoms with Gasteiger partial charge in [0.25, 0.3) is 0 Å². The number of Topliss-reactive ketones (excluding diaryl/α,β-unsaturated/α-hetero) is 1. The van der Waals surface area contributed by atoms with Gasteiger partial charge in [0.1, 0.15) is 5.78 Å². The minimum Gasteiger partial charge on any atom is -0.299 e. The van der Waals surface area contributed by atoms with Gasteiger partial charge in [0.05, 0.1) is 0 Å². The van der Waals surface area contributed by atoms with E-state index in [1.165, 1.54) is 0 Å². The Labute approximate surface area is 62.8 Å². The molecule has 0 unspecified atom stereocenters. The molecule has 0 N–H and O–H groups in total. The van der Waals surface area contributed by atoms with Gasteiger partial charge in [-0.05, 0) is 18.8 Å². The van der Waals surface area contributed by atoms with E-state index in [1.54, 1.807) is 0 Å². The Morgan fingerprint density at radius 3 is 2.20 bits per heavy atom. The normalized spacial score (nSPS) is 32.0. The summed E-state index contributed by atoms with van der Waals surface area (Å²) in [4.78, 5) is 11.3. The van der Waals surface area contributed by atoms with Crippen LogP contribution in [0.1, 0.15) is 33.6 Å². The Kier molecular flexibility index (Phi) is 2.12. The predicted octanol–water partition coefficient (Wildman–Crippen LogP) is 2.26. The third kappa shape index (κ3) is 1.39. The van der Waals surface area contributed by atoms with E-state index in [0.29, 0.717) is 11.7 Å². The van der Waals surface area contributed by atoms with E-state index >= 15 is 0 Å². The molecule has 0 bridgehead atoms. The van der Waals surface area contributed by atoms with Crippen LogP contribution in [0.5, 0.6) is 0 Å². The monoisotopic (exact) mass is 140 g/mol. The second-order valence-corrected chi connectivity index (χ2v) is 3.83. The molecule has 0 aromatic rings. The second-order valence-electron chi connectivity index (χ2n) is 3.83. The lowest BCUT2D eigenvalue weighted by Crippen LogP contribution is -2.31. The molecule has 0 aromatic carbocycles. The van der Waals surface area contributed by atoms with Gasteiger partial charge in [0, 0.05) is 11.8 Å². The molecule has 1 saturated carbocycles. The van der Waals surface area contributed by atoms with Crippen LogP contribution in [-0.2, 0) is 4.79 Å². The molecule has 0 radical (unpaired) electrons. The van der Waals surface area contributed by atoms with Gasteiger partial charge in [-0.2, -0.15) is 0 Å². The highest BCUT2D eigenvalue weighted by Crippen LogP contribution is 2.35. The fraction of sp³-hybridized carbons (Fsp3) is 0.889. The minimum absolute atomic E-state index is 0.248. The molecule has 0 saturated heterocycles. The third-order valence-electron chi connectivity index (χ3n) is 2.35. The van der Waals surface area contributed by atoms with Gasteiger partial charge in [0.2, 0.25) is 0 Å². The van der Waals surface area contributed by atoms with E-state index in [-0.39, 0.29) is 5.92 Å². The lowest BCUT2D eigenvalue weighted by atomic mass is 9.72. The summed E-state index contributed by atoms with van der Waals surface area (Å²) >= 11 is 0. The van der Waals surface area contributed by atoms with E-state index in [9.17, 15) is 4.79 Å². The molecule has 1 fully saturated rings. The molecule has 1 rings (SSSR count). The van der Waals surface area contributed by atoms with Crippen molar-refractivity contribution in [1.82, 2.24) is 0 Å². The van der Waals surface area contributed by atoms with Crippen molar-refractivity contribution in [3.8, 4) is 0 Å². The summed E-state index contributed by atoms with van der Waals surface area (Å²) in [6, 6.07) is 0. The fourth-order valence-corrected chi connectivity index (χ4v) is 1.61. The van der Waals surface area contributed by atoms with Crippen molar-refractivity contribution in [2.45, 2.75) is 33.6 Å². The molecule has 0 heterocycles. The van der Waals surface area contributed by atoms with Crippen LogP contribution < -0.4 is 0 Å². The number of ketones is 1. The maximum atomic E-state index is 11.3. The van der Waals surface area contributed by atoms with Crippen molar-refractivity contribution in [3.05, 3.63) is 0 Å². The topological polar surface area (TPSA) is 17.1 Å². The van der Waals surface area contributed by atoms with Crippen molar-refractivity contribution in [3.63, 3.8) is 0 Å². The average molecular weight is 140 g/mol. The average Bonchev–Trinajstić information content (AvgIpc) is 1.79. The number of hydrogen-bond donors (Lipinski definition) is 0. The smallest absolute Gasteiger partial charge is 0.138 e. The molecule has 58 valence electrons. The quantitative estimate of drug-likeness (QED) is 0.575. The van der Waals surface area contributed by atoms with Crippen molar-refractivity contribution in [2.24, 2.45) is 17.8 Å². The zero-order chi connectivity index (χ0) is 7.72. The number of hydrogen-bond acceptors (Lipinski definition) is 1. The summed E-state index contributed by atoms with van der Waals surface area (Å²) in [5, 5.41) is 0. The maximum Gasteiger partial charge on any atom is 0.138 e. The second kappa shape index (κ2) is 2.73. The van der Waals surface area contributed by atoms with Gasteiger partial charge in [-0.1, -0.05) is 20.8 Å². The molecule has 0 amide bonds. The molecular formula is C9H16O. The standard InChI is InChI=1S/C9H16O/c1-6(2)9(10)8-4-7(3)5-8/h6-8H,4-5H2,1-3H3. The summed E-state index contributed by atoms with van der Waals surface area (Å²) < 4.78 is 0. The first kappa shape index (κ1) is 7.77. The SMILES string of the molecule is CC1CC(C(=O)C(C)C)C1. The van der Waals surface area contributed by atoms with E-state index in [2.05, 4.69) is 6.92 Å². The van der Waals surface area contributed by atoms with Crippen LogP contribution in [0.3, 0.4) is 0 Å². The zero-order valence-electron chi connectivity index (χ0n) is 7.05. The van der Waals surface area contributed by atoms with E-state index in [1.807, 2.05) is 13.8 Å². The highest BCUT2D eigenvalue weighted by molar-refractivity contribution is 5.83. The Bertz CT molecular complexity index is 132. The van der Waals surface area contributed by atoms with Gasteiger partial charge in [-0.25, -0.2) is 0 Å². The van der Waals surface area contributed by atoms with Crippen molar-refractivity contribution >= 4 is 5.78 Å². The van der Waals surface area contributed by atoms with Crippen molar-refractivity contribution < 1.29 is 4.79 Å². The summed E-state index contributed by atoms with van der Waals surface area (Å²) in [5.41, 5.74) is 0. The lowest BCUT2D eigenvalue weighted by molar-refractivity contribution is -0.129. The zero-order valence-corrected chi connectivity index (χ0v) is 7.05. The predicted molar refractivity (Wildman–Crippen MR) is 41.7 cm³/mol. The van der Waals surface area contributed by atoms with Crippen LogP contribution in [0.25, 0.3) is 0 Å². The number of rotatable bonds is 2. The fourth-order valence-electron chi connectivity index (χ4n) is 1.61. The summed E-state index contributed by atoms with van der Waals surface area (Å²) in [6.45, 7) is 6.20. The molecule has 0 atom stereocenters. The van der Waals surface area contributed by atoms with Crippen LogP contribution in [0.4, 0.5) is 0 Å². The van der Waals surface area contributed by atoms with Crippen LogP contribution in [0.15, 0.2) is 0 Å². The van der Waals surface area contributed by atoms with Crippen molar-refractivity contribution in [2.75, 3.05) is 0 Å². The summed E-state index contributed by atoms with van der Waals surface area (Å²) in [5.74, 6) is 1.93. The Morgan fingerprint density at radius 1 is 1.40 bits per heavy atom. The van der Waals surface area contributed by atoms with E-state index < -0.39 is 0 Å². The summed E-state index contributed by atoms with van der Waals surface area (Å²) in [7, 11) is 0. The Hall–Kier alpha value is -0.330. The van der Waals surface area contributed by atoms with Crippen LogP contribution in [0, 0.1) is 17.8 Å². The molecule has 1 nitrogen and oxygen atoms in total. The first-order valence-electron chi connectivity index (χ1n) is 4.15. The molecule has 0 spiro atoms. The van der Waals surface area contributed by atoms with Gasteiger partial charge in [-0.3, -0.25) is 4.79 Å². The number of carbonyl (C=O) groups excluding carboxylic acids is 1. The third-order valence-corrected chi connectivity index (χ3v) is 2.35. The van der Waals surface area contributed by atoms with Crippen LogP contribution >= 0.6 is 0 Å². The first-order chi connectivity index (χ1) is 4.61. The highest BCUT2D eigenvalue weighted by Gasteiger charge is 2.32. The maximum absolute atomic E-state index is 11.3. The Morgan fingerprint density at radius 2 is 1.90 bits per heavy atom. The summed E-state index contributed by atoms with van der Waals surface area (Å²) in [6.07, 6.45) is 2.27. The molecule has 0 aromatic heterocycles. The molecule has 0 aliphatic heterocycles. The Balaban J connectivity index is 2.31. The van der Waals surface area contributed by atoms with Gasteiger partial charge in [-0.15, -0.1) is 0 Å². The molecular weight excluding hydrogens is 124 g/mol. The highest BCUT2D eigenvalue weighted by atomic mass is 16.1. The van der Waals surface area contributed by atoms with Crippen LogP contribution in [0.2, 0.25) is 0 Å². The van der Waals surface area contributed by atoms with Gasteiger partial charge in [0.15, 0.2) is 0 Å². The van der Waals surface area contributed by atoms with E-state index in [0.717, 1.165) is 18.8 Å². The number of carbonyl (C=O) groups is 1. The minimum atomic E-state index is 0.248. The lowest BCUT2D eigenvalue weighted by Gasteiger charge is -2.32. The largest absolute Gasteiger partial charge is 0.299 e. The first-order valence-corrected chi connectivity index (χ1v) is 4.15. The molecule has 1 aliphatic rings. The van der Waals surface area contributed by atoms with Gasteiger partial charge < -0.3 is 0 Å². The van der Waals surface area contributed by atoms with Crippen molar-refractivity contribution in [1.29, 1.82) is 0 Å². The van der Waals surface area contributed by atoms with Gasteiger partial charge >= 0.3 is 0 Å². The molecule has 10 heavy (non-hydrogen) atoms. The molecule has 1 heteroatoms. The molecule has 1 aliphatic carbocycles. The van der Waals surface area contributed by atoms with Crippen LogP contribution in [-0.4, -0.2) is 5.78 Å².